The third-order valence-electron chi connectivity index (χ3n) is 4.90. The second-order valence-electron chi connectivity index (χ2n) is 6.74. The minimum Gasteiger partial charge on any atom is -0.355 e. The molecule has 2 amide bonds. The second-order valence-corrected chi connectivity index (χ2v) is 6.74. The van der Waals surface area contributed by atoms with E-state index >= 15 is 0 Å². The van der Waals surface area contributed by atoms with Gasteiger partial charge in [-0.25, -0.2) is 0 Å². The quantitative estimate of drug-likeness (QED) is 0.450. The lowest BCUT2D eigenvalue weighted by Gasteiger charge is -2.26. The first-order chi connectivity index (χ1) is 12.2. The molecule has 25 heavy (non-hydrogen) atoms. The van der Waals surface area contributed by atoms with E-state index in [9.17, 15) is 9.59 Å². The van der Waals surface area contributed by atoms with Gasteiger partial charge in [-0.3, -0.25) is 9.59 Å². The van der Waals surface area contributed by atoms with Crippen molar-refractivity contribution in [2.45, 2.75) is 51.4 Å². The lowest BCUT2D eigenvalue weighted by atomic mass is 9.83. The third-order valence-corrected chi connectivity index (χ3v) is 4.90. The Kier molecular flexibility index (Phi) is 7.92. The number of hydrogen-bond donors (Lipinski definition) is 3. The molecule has 1 radical (unpaired) electrons. The average Bonchev–Trinajstić information content (AvgIpc) is 3.13. The molecule has 1 saturated carbocycles. The van der Waals surface area contributed by atoms with Crippen LogP contribution in [0.15, 0.2) is 30.3 Å². The Hall–Kier alpha value is -1.88. The third kappa shape index (κ3) is 5.56. The number of amides is 2. The van der Waals surface area contributed by atoms with E-state index in [0.717, 1.165) is 38.5 Å². The van der Waals surface area contributed by atoms with Crippen molar-refractivity contribution < 1.29 is 9.59 Å². The highest BCUT2D eigenvalue weighted by Gasteiger charge is 2.47. The minimum atomic E-state index is -0.902. The van der Waals surface area contributed by atoms with Crippen molar-refractivity contribution in [1.29, 1.82) is 0 Å². The normalized spacial score (nSPS) is 15.7. The fourth-order valence-electron chi connectivity index (χ4n) is 3.36. The molecule has 0 heterocycles. The molecule has 1 aromatic rings. The van der Waals surface area contributed by atoms with Crippen LogP contribution in [-0.2, 0) is 16.0 Å². The summed E-state index contributed by atoms with van der Waals surface area (Å²) < 4.78 is 0. The highest BCUT2D eigenvalue weighted by Crippen LogP contribution is 2.38. The first-order valence-electron chi connectivity index (χ1n) is 9.34. The first-order valence-corrected chi connectivity index (χ1v) is 9.34. The Balaban J connectivity index is 1.82. The van der Waals surface area contributed by atoms with E-state index in [2.05, 4.69) is 10.6 Å². The fraction of sp³-hybridized carbons (Fsp3) is 0.550. The molecule has 0 saturated heterocycles. The van der Waals surface area contributed by atoms with Gasteiger partial charge in [-0.2, -0.15) is 0 Å². The van der Waals surface area contributed by atoms with Crippen molar-refractivity contribution in [3.63, 3.8) is 0 Å². The van der Waals surface area contributed by atoms with Crippen LogP contribution in [0.3, 0.4) is 0 Å². The van der Waals surface area contributed by atoms with Crippen LogP contribution in [0.5, 0.6) is 0 Å². The molecule has 1 fully saturated rings. The molecule has 137 valence electrons. The molecule has 5 heteroatoms. The zero-order chi connectivity index (χ0) is 18.0. The molecule has 1 aromatic carbocycles. The average molecular weight is 344 g/mol. The predicted octanol–water partition coefficient (Wildman–Crippen LogP) is 2.31. The summed E-state index contributed by atoms with van der Waals surface area (Å²) in [5.41, 5.74) is 5.74. The molecule has 0 aliphatic heterocycles. The zero-order valence-corrected chi connectivity index (χ0v) is 14.9. The Bertz CT molecular complexity index is 539. The maximum absolute atomic E-state index is 12.7. The van der Waals surface area contributed by atoms with Gasteiger partial charge in [-0.05, 0) is 44.2 Å². The lowest BCUT2D eigenvalue weighted by Crippen LogP contribution is -2.49. The summed E-state index contributed by atoms with van der Waals surface area (Å²) >= 11 is 0. The van der Waals surface area contributed by atoms with Crippen molar-refractivity contribution in [3.8, 4) is 0 Å². The summed E-state index contributed by atoms with van der Waals surface area (Å²) in [4.78, 5) is 25.4. The van der Waals surface area contributed by atoms with Gasteiger partial charge in [-0.15, -0.1) is 0 Å². The van der Waals surface area contributed by atoms with Crippen molar-refractivity contribution >= 4 is 11.8 Å². The molecular weight excluding hydrogens is 314 g/mol. The van der Waals surface area contributed by atoms with Gasteiger partial charge in [0.25, 0.3) is 0 Å². The summed E-state index contributed by atoms with van der Waals surface area (Å²) in [7, 11) is 0. The van der Waals surface area contributed by atoms with Crippen molar-refractivity contribution in [2.75, 3.05) is 13.1 Å². The second kappa shape index (κ2) is 10.2. The van der Waals surface area contributed by atoms with Gasteiger partial charge in [0, 0.05) is 13.1 Å². The standard InChI is InChI=1S/C20H30N3O2/c21-14-7-2-8-15-22-18(24)20(12-5-6-13-20)19(25)23-16-11-17-9-3-1-4-10-17/h1,3-4,9-10,15H,2,5-8,11-14,16,21H2,(H,22,24)(H,23,25). The molecule has 5 nitrogen and oxygen atoms in total. The fourth-order valence-corrected chi connectivity index (χ4v) is 3.36. The van der Waals surface area contributed by atoms with Crippen molar-refractivity contribution in [2.24, 2.45) is 11.1 Å². The van der Waals surface area contributed by atoms with Crippen LogP contribution in [0, 0.1) is 12.0 Å². The maximum Gasteiger partial charge on any atom is 0.235 e. The zero-order valence-electron chi connectivity index (χ0n) is 14.9. The molecule has 0 aromatic heterocycles. The summed E-state index contributed by atoms with van der Waals surface area (Å²) in [6.07, 6.45) is 6.56. The highest BCUT2D eigenvalue weighted by atomic mass is 16.2. The Morgan fingerprint density at radius 3 is 2.48 bits per heavy atom. The Morgan fingerprint density at radius 2 is 1.80 bits per heavy atom. The first kappa shape index (κ1) is 19.4. The van der Waals surface area contributed by atoms with E-state index in [1.165, 1.54) is 5.56 Å². The number of unbranched alkanes of at least 4 members (excludes halogenated alkanes) is 2. The Morgan fingerprint density at radius 1 is 1.08 bits per heavy atom. The van der Waals surface area contributed by atoms with Crippen molar-refractivity contribution in [1.82, 2.24) is 10.6 Å². The Labute approximate surface area is 150 Å². The monoisotopic (exact) mass is 344 g/mol. The van der Waals surface area contributed by atoms with Gasteiger partial charge in [-0.1, -0.05) is 49.6 Å². The van der Waals surface area contributed by atoms with E-state index in [4.69, 9.17) is 5.73 Å². The van der Waals surface area contributed by atoms with E-state index in [0.29, 0.717) is 25.9 Å². The summed E-state index contributed by atoms with van der Waals surface area (Å²) in [5, 5.41) is 5.82. The SMILES string of the molecule is NCCCC[CH]NC(=O)C1(C(=O)NCCc2ccccc2)CCCC1. The molecule has 0 atom stereocenters. The van der Waals surface area contributed by atoms with Crippen LogP contribution in [0.4, 0.5) is 0 Å². The molecule has 2 rings (SSSR count). The number of rotatable bonds is 10. The molecule has 0 spiro atoms. The van der Waals surface area contributed by atoms with Gasteiger partial charge >= 0.3 is 0 Å². The minimum absolute atomic E-state index is 0.131. The van der Waals surface area contributed by atoms with E-state index in [1.54, 1.807) is 6.54 Å². The van der Waals surface area contributed by atoms with Crippen LogP contribution in [0.25, 0.3) is 0 Å². The van der Waals surface area contributed by atoms with E-state index in [1.807, 2.05) is 30.3 Å². The largest absolute Gasteiger partial charge is 0.355 e. The number of carbonyl (C=O) groups is 2. The molecule has 1 aliphatic rings. The highest BCUT2D eigenvalue weighted by molar-refractivity contribution is 6.05. The van der Waals surface area contributed by atoms with Crippen LogP contribution in [0.1, 0.15) is 50.5 Å². The number of carbonyl (C=O) groups excluding carboxylic acids is 2. The maximum atomic E-state index is 12.7. The van der Waals surface area contributed by atoms with Crippen LogP contribution >= 0.6 is 0 Å². The topological polar surface area (TPSA) is 84.2 Å². The molecule has 0 unspecified atom stereocenters. The summed E-state index contributed by atoms with van der Waals surface area (Å²) in [6.45, 7) is 2.99. The van der Waals surface area contributed by atoms with Gasteiger partial charge < -0.3 is 16.4 Å². The van der Waals surface area contributed by atoms with Gasteiger partial charge in [0.15, 0.2) is 0 Å². The number of nitrogens with one attached hydrogen (secondary N) is 2. The summed E-state index contributed by atoms with van der Waals surface area (Å²) in [5.74, 6) is -0.288. The predicted molar refractivity (Wildman–Crippen MR) is 99.4 cm³/mol. The molecular formula is C20H30N3O2. The van der Waals surface area contributed by atoms with Crippen LogP contribution < -0.4 is 16.4 Å². The number of nitrogens with two attached hydrogens (primary N) is 1. The molecule has 0 bridgehead atoms. The van der Waals surface area contributed by atoms with Crippen molar-refractivity contribution in [3.05, 3.63) is 42.4 Å². The molecule has 4 N–H and O–H groups in total. The smallest absolute Gasteiger partial charge is 0.235 e. The van der Waals surface area contributed by atoms with Gasteiger partial charge in [0.2, 0.25) is 11.8 Å². The van der Waals surface area contributed by atoms with E-state index < -0.39 is 5.41 Å². The van der Waals surface area contributed by atoms with Crippen LogP contribution in [0.2, 0.25) is 0 Å². The number of benzene rings is 1. The lowest BCUT2D eigenvalue weighted by molar-refractivity contribution is -0.142. The number of hydrogen-bond acceptors (Lipinski definition) is 3. The van der Waals surface area contributed by atoms with Crippen LogP contribution in [-0.4, -0.2) is 24.9 Å². The van der Waals surface area contributed by atoms with Gasteiger partial charge in [0.1, 0.15) is 5.41 Å². The van der Waals surface area contributed by atoms with E-state index in [-0.39, 0.29) is 11.8 Å². The van der Waals surface area contributed by atoms with Gasteiger partial charge in [0.05, 0.1) is 0 Å². The summed E-state index contributed by atoms with van der Waals surface area (Å²) in [6, 6.07) is 10.0. The molecule has 1 aliphatic carbocycles.